The predicted molar refractivity (Wildman–Crippen MR) is 79.1 cm³/mol. The summed E-state index contributed by atoms with van der Waals surface area (Å²) in [7, 11) is 0. The van der Waals surface area contributed by atoms with Crippen molar-refractivity contribution in [1.82, 2.24) is 10.1 Å². The third kappa shape index (κ3) is 3.98. The number of phenols is 1. The summed E-state index contributed by atoms with van der Waals surface area (Å²) in [6.45, 7) is 4.67. The Balaban J connectivity index is 2.07. The Morgan fingerprint density at radius 2 is 2.19 bits per heavy atom. The molecule has 1 aromatic carbocycles. The van der Waals surface area contributed by atoms with Crippen LogP contribution in [0.1, 0.15) is 24.7 Å². The van der Waals surface area contributed by atoms with Crippen molar-refractivity contribution < 1.29 is 14.4 Å². The molecule has 0 aliphatic carbocycles. The first kappa shape index (κ1) is 14.9. The monoisotopic (exact) mass is 289 g/mol. The first-order chi connectivity index (χ1) is 10.1. The van der Waals surface area contributed by atoms with E-state index in [1.165, 1.54) is 0 Å². The molecule has 2 N–H and O–H groups in total. The van der Waals surface area contributed by atoms with Crippen LogP contribution < -0.4 is 5.32 Å². The highest BCUT2D eigenvalue weighted by molar-refractivity contribution is 5.88. The molecule has 0 fully saturated rings. The zero-order valence-electron chi connectivity index (χ0n) is 12.2. The van der Waals surface area contributed by atoms with E-state index in [0.717, 1.165) is 6.42 Å². The number of benzene rings is 1. The van der Waals surface area contributed by atoms with Gasteiger partial charge in [0.1, 0.15) is 11.5 Å². The molecule has 1 heterocycles. The van der Waals surface area contributed by atoms with E-state index >= 15 is 0 Å². The molecular weight excluding hydrogens is 270 g/mol. The summed E-state index contributed by atoms with van der Waals surface area (Å²) >= 11 is 0. The van der Waals surface area contributed by atoms with Gasteiger partial charge in [-0.2, -0.15) is 0 Å². The number of aryl methyl sites for hydroxylation is 1. The lowest BCUT2D eigenvalue weighted by atomic mass is 10.2. The lowest BCUT2D eigenvalue weighted by molar-refractivity contribution is 0.208. The van der Waals surface area contributed by atoms with E-state index in [1.54, 1.807) is 36.1 Å². The number of carbonyl (C=O) groups excluding carboxylic acids is 1. The van der Waals surface area contributed by atoms with Crippen LogP contribution in [0, 0.1) is 6.92 Å². The van der Waals surface area contributed by atoms with Gasteiger partial charge < -0.3 is 14.5 Å². The van der Waals surface area contributed by atoms with E-state index in [9.17, 15) is 9.90 Å². The molecule has 0 saturated carbocycles. The Labute approximate surface area is 123 Å². The highest BCUT2D eigenvalue weighted by atomic mass is 16.5. The lowest BCUT2D eigenvalue weighted by Gasteiger charge is -2.22. The number of aromatic nitrogens is 1. The standard InChI is InChI=1S/C15H19N3O3/c1-3-8-18(10-12-6-4-5-7-13(12)19)15(20)16-14-9-11(2)21-17-14/h4-7,9,19H,3,8,10H2,1-2H3,(H,16,17,20). The molecule has 2 amide bonds. The van der Waals surface area contributed by atoms with Crippen LogP contribution in [-0.2, 0) is 6.54 Å². The number of nitrogens with one attached hydrogen (secondary N) is 1. The maximum absolute atomic E-state index is 12.3. The Bertz CT molecular complexity index is 610. The molecule has 0 saturated heterocycles. The van der Waals surface area contributed by atoms with Crippen molar-refractivity contribution in [2.75, 3.05) is 11.9 Å². The molecule has 0 bridgehead atoms. The van der Waals surface area contributed by atoms with Crippen LogP contribution in [0.2, 0.25) is 0 Å². The van der Waals surface area contributed by atoms with E-state index in [4.69, 9.17) is 4.52 Å². The van der Waals surface area contributed by atoms with Crippen LogP contribution in [0.15, 0.2) is 34.9 Å². The first-order valence-corrected chi connectivity index (χ1v) is 6.86. The maximum Gasteiger partial charge on any atom is 0.323 e. The van der Waals surface area contributed by atoms with Gasteiger partial charge in [-0.1, -0.05) is 30.3 Å². The van der Waals surface area contributed by atoms with Crippen LogP contribution in [0.5, 0.6) is 5.75 Å². The number of hydrogen-bond donors (Lipinski definition) is 2. The molecule has 0 unspecified atom stereocenters. The molecule has 0 radical (unpaired) electrons. The maximum atomic E-state index is 12.3. The van der Waals surface area contributed by atoms with Gasteiger partial charge in [-0.15, -0.1) is 0 Å². The van der Waals surface area contributed by atoms with Crippen molar-refractivity contribution in [3.8, 4) is 5.75 Å². The molecule has 0 spiro atoms. The average molecular weight is 289 g/mol. The van der Waals surface area contributed by atoms with Crippen molar-refractivity contribution in [3.05, 3.63) is 41.7 Å². The molecule has 2 aromatic rings. The summed E-state index contributed by atoms with van der Waals surface area (Å²) < 4.78 is 4.92. The van der Waals surface area contributed by atoms with Crippen molar-refractivity contribution in [2.24, 2.45) is 0 Å². The van der Waals surface area contributed by atoms with Crippen LogP contribution in [0.25, 0.3) is 0 Å². The molecule has 0 atom stereocenters. The van der Waals surface area contributed by atoms with Crippen molar-refractivity contribution in [1.29, 1.82) is 0 Å². The quantitative estimate of drug-likeness (QED) is 0.886. The van der Waals surface area contributed by atoms with Gasteiger partial charge in [0.25, 0.3) is 0 Å². The number of carbonyl (C=O) groups is 1. The van der Waals surface area contributed by atoms with Crippen LogP contribution in [0.3, 0.4) is 0 Å². The summed E-state index contributed by atoms with van der Waals surface area (Å²) in [5.41, 5.74) is 0.706. The minimum atomic E-state index is -0.270. The number of rotatable bonds is 5. The molecular formula is C15H19N3O3. The van der Waals surface area contributed by atoms with Crippen molar-refractivity contribution in [3.63, 3.8) is 0 Å². The summed E-state index contributed by atoms with van der Waals surface area (Å²) in [4.78, 5) is 13.9. The van der Waals surface area contributed by atoms with E-state index in [-0.39, 0.29) is 11.8 Å². The highest BCUT2D eigenvalue weighted by Crippen LogP contribution is 2.18. The second kappa shape index (κ2) is 6.78. The molecule has 6 nitrogen and oxygen atoms in total. The smallest absolute Gasteiger partial charge is 0.323 e. The van der Waals surface area contributed by atoms with Gasteiger partial charge in [0.05, 0.1) is 6.54 Å². The second-order valence-corrected chi connectivity index (χ2v) is 4.80. The van der Waals surface area contributed by atoms with Gasteiger partial charge in [0, 0.05) is 18.2 Å². The summed E-state index contributed by atoms with van der Waals surface area (Å²) in [5.74, 6) is 1.20. The lowest BCUT2D eigenvalue weighted by Crippen LogP contribution is -2.35. The van der Waals surface area contributed by atoms with E-state index < -0.39 is 0 Å². The van der Waals surface area contributed by atoms with Gasteiger partial charge in [0.15, 0.2) is 5.82 Å². The van der Waals surface area contributed by atoms with Gasteiger partial charge >= 0.3 is 6.03 Å². The summed E-state index contributed by atoms with van der Waals surface area (Å²) in [6.07, 6.45) is 0.818. The van der Waals surface area contributed by atoms with Crippen LogP contribution in [0.4, 0.5) is 10.6 Å². The Morgan fingerprint density at radius 3 is 2.81 bits per heavy atom. The number of hydrogen-bond acceptors (Lipinski definition) is 4. The van der Waals surface area contributed by atoms with E-state index in [2.05, 4.69) is 10.5 Å². The number of anilines is 1. The molecule has 6 heteroatoms. The average Bonchev–Trinajstić information content (AvgIpc) is 2.86. The predicted octanol–water partition coefficient (Wildman–Crippen LogP) is 3.13. The van der Waals surface area contributed by atoms with Gasteiger partial charge in [-0.3, -0.25) is 5.32 Å². The van der Waals surface area contributed by atoms with Crippen LogP contribution in [-0.4, -0.2) is 27.7 Å². The third-order valence-electron chi connectivity index (χ3n) is 3.00. The van der Waals surface area contributed by atoms with Crippen molar-refractivity contribution >= 4 is 11.8 Å². The van der Waals surface area contributed by atoms with Gasteiger partial charge in [0.2, 0.25) is 0 Å². The molecule has 0 aliphatic heterocycles. The van der Waals surface area contributed by atoms with Gasteiger partial charge in [-0.05, 0) is 19.4 Å². The highest BCUT2D eigenvalue weighted by Gasteiger charge is 2.16. The molecule has 21 heavy (non-hydrogen) atoms. The normalized spacial score (nSPS) is 10.4. The number of nitrogens with zero attached hydrogens (tertiary/aromatic N) is 2. The van der Waals surface area contributed by atoms with Gasteiger partial charge in [-0.25, -0.2) is 4.79 Å². The third-order valence-corrected chi connectivity index (χ3v) is 3.00. The number of urea groups is 1. The summed E-state index contributed by atoms with van der Waals surface area (Å²) in [6, 6.07) is 8.37. The fourth-order valence-corrected chi connectivity index (χ4v) is 1.99. The number of amides is 2. The van der Waals surface area contributed by atoms with Crippen LogP contribution >= 0.6 is 0 Å². The Morgan fingerprint density at radius 1 is 1.43 bits per heavy atom. The fraction of sp³-hybridized carbons (Fsp3) is 0.333. The Kier molecular flexibility index (Phi) is 4.81. The number of para-hydroxylation sites is 1. The van der Waals surface area contributed by atoms with E-state index in [0.29, 0.717) is 30.2 Å². The topological polar surface area (TPSA) is 78.6 Å². The first-order valence-electron chi connectivity index (χ1n) is 6.86. The minimum absolute atomic E-state index is 0.184. The number of phenolic OH excluding ortho intramolecular Hbond substituents is 1. The molecule has 2 rings (SSSR count). The molecule has 112 valence electrons. The molecule has 1 aromatic heterocycles. The van der Waals surface area contributed by atoms with E-state index in [1.807, 2.05) is 13.0 Å². The SMILES string of the molecule is CCCN(Cc1ccccc1O)C(=O)Nc1cc(C)on1. The fourth-order valence-electron chi connectivity index (χ4n) is 1.99. The number of aromatic hydroxyl groups is 1. The zero-order valence-corrected chi connectivity index (χ0v) is 12.2. The summed E-state index contributed by atoms with van der Waals surface area (Å²) in [5, 5.41) is 16.2. The van der Waals surface area contributed by atoms with Crippen molar-refractivity contribution in [2.45, 2.75) is 26.8 Å². The largest absolute Gasteiger partial charge is 0.508 e. The second-order valence-electron chi connectivity index (χ2n) is 4.80. The Hall–Kier alpha value is -2.50. The molecule has 0 aliphatic rings. The minimum Gasteiger partial charge on any atom is -0.508 e. The zero-order chi connectivity index (χ0) is 15.2.